The number of benzene rings is 2. The number of allylic oxidation sites excluding steroid dienone is 2. The molecule has 0 aliphatic heterocycles. The van der Waals surface area contributed by atoms with Gasteiger partial charge >= 0.3 is 0 Å². The van der Waals surface area contributed by atoms with Crippen molar-refractivity contribution in [2.75, 3.05) is 0 Å². The normalized spacial score (nSPS) is 29.5. The van der Waals surface area contributed by atoms with Crippen LogP contribution >= 0.6 is 0 Å². The number of hydrogen-bond donors (Lipinski definition) is 2. The van der Waals surface area contributed by atoms with Crippen LogP contribution in [0.2, 0.25) is 0 Å². The molecule has 0 radical (unpaired) electrons. The Bertz CT molecular complexity index is 755. The summed E-state index contributed by atoms with van der Waals surface area (Å²) in [7, 11) is 0. The van der Waals surface area contributed by atoms with Crippen LogP contribution in [-0.4, -0.2) is 10.2 Å². The zero-order chi connectivity index (χ0) is 16.3. The van der Waals surface area contributed by atoms with Gasteiger partial charge in [0.25, 0.3) is 0 Å². The highest BCUT2D eigenvalue weighted by Crippen LogP contribution is 2.64. The van der Waals surface area contributed by atoms with Crippen molar-refractivity contribution in [3.8, 4) is 11.5 Å². The molecule has 2 bridgehead atoms. The smallest absolute Gasteiger partial charge is 0.115 e. The van der Waals surface area contributed by atoms with Crippen molar-refractivity contribution < 1.29 is 10.2 Å². The molecule has 3 unspecified atom stereocenters. The van der Waals surface area contributed by atoms with Crippen molar-refractivity contribution in [3.05, 3.63) is 71.3 Å². The Balaban J connectivity index is 1.72. The highest BCUT2D eigenvalue weighted by molar-refractivity contribution is 5.54. The molecule has 3 aliphatic rings. The van der Waals surface area contributed by atoms with E-state index in [9.17, 15) is 10.2 Å². The molecule has 2 heteroatoms. The lowest BCUT2D eigenvalue weighted by Gasteiger charge is -2.41. The summed E-state index contributed by atoms with van der Waals surface area (Å²) in [4.78, 5) is 0. The minimum atomic E-state index is -0.109. The van der Waals surface area contributed by atoms with Gasteiger partial charge in [-0.25, -0.2) is 0 Å². The van der Waals surface area contributed by atoms with Crippen LogP contribution < -0.4 is 0 Å². The molecule has 2 aromatic rings. The average Bonchev–Trinajstić information content (AvgIpc) is 3.28. The summed E-state index contributed by atoms with van der Waals surface area (Å²) in [5.41, 5.74) is 4.05. The van der Waals surface area contributed by atoms with Gasteiger partial charge in [-0.3, -0.25) is 0 Å². The van der Waals surface area contributed by atoms with Gasteiger partial charge in [-0.05, 0) is 72.4 Å². The van der Waals surface area contributed by atoms with Crippen molar-refractivity contribution in [2.45, 2.75) is 31.1 Å². The zero-order valence-corrected chi connectivity index (χ0v) is 13.7. The first kappa shape index (κ1) is 14.2. The maximum absolute atomic E-state index is 9.72. The fourth-order valence-electron chi connectivity index (χ4n) is 5.79. The molecule has 0 aromatic heterocycles. The lowest BCUT2D eigenvalue weighted by atomic mass is 9.62. The Hall–Kier alpha value is -2.22. The quantitative estimate of drug-likeness (QED) is 0.784. The highest BCUT2D eigenvalue weighted by Gasteiger charge is 2.57. The van der Waals surface area contributed by atoms with E-state index in [2.05, 4.69) is 30.3 Å². The van der Waals surface area contributed by atoms with E-state index in [-0.39, 0.29) is 5.41 Å². The van der Waals surface area contributed by atoms with Crippen molar-refractivity contribution in [2.24, 2.45) is 17.8 Å². The Kier molecular flexibility index (Phi) is 2.88. The Morgan fingerprint density at radius 2 is 1.38 bits per heavy atom. The number of fused-ring (bicyclic) bond motifs is 5. The van der Waals surface area contributed by atoms with Gasteiger partial charge in [-0.1, -0.05) is 42.3 Å². The lowest BCUT2D eigenvalue weighted by Crippen LogP contribution is -2.37. The molecule has 2 fully saturated rings. The van der Waals surface area contributed by atoms with Crippen LogP contribution in [0.5, 0.6) is 11.5 Å². The highest BCUT2D eigenvalue weighted by atomic mass is 16.3. The Morgan fingerprint density at radius 1 is 0.792 bits per heavy atom. The Labute approximate surface area is 142 Å². The molecule has 2 aromatic carbocycles. The predicted molar refractivity (Wildman–Crippen MR) is 94.0 cm³/mol. The van der Waals surface area contributed by atoms with Gasteiger partial charge in [0.1, 0.15) is 11.5 Å². The third-order valence-electron chi connectivity index (χ3n) is 6.71. The van der Waals surface area contributed by atoms with Gasteiger partial charge in [-0.2, -0.15) is 0 Å². The lowest BCUT2D eigenvalue weighted by molar-refractivity contribution is 0.270. The fraction of sp³-hybridized carbons (Fsp3) is 0.364. The molecular formula is C22H22O2. The Morgan fingerprint density at radius 3 is 1.96 bits per heavy atom. The average molecular weight is 318 g/mol. The minimum absolute atomic E-state index is 0.109. The first-order valence-electron chi connectivity index (χ1n) is 8.99. The van der Waals surface area contributed by atoms with E-state index in [1.807, 2.05) is 0 Å². The number of phenolic OH excluding ortho intramolecular Hbond substituents is 2. The molecular weight excluding hydrogens is 296 g/mol. The van der Waals surface area contributed by atoms with E-state index in [1.165, 1.54) is 36.8 Å². The SMILES string of the molecule is Oc1ccc(C2(c3ccc(O)cc3)C=C3CC2C2CCCC32)cc1. The summed E-state index contributed by atoms with van der Waals surface area (Å²) in [5.74, 6) is 2.82. The minimum Gasteiger partial charge on any atom is -0.508 e. The van der Waals surface area contributed by atoms with E-state index in [4.69, 9.17) is 0 Å². The van der Waals surface area contributed by atoms with Crippen LogP contribution in [0.15, 0.2) is 60.2 Å². The molecule has 0 saturated heterocycles. The summed E-state index contributed by atoms with van der Waals surface area (Å²) >= 11 is 0. The summed E-state index contributed by atoms with van der Waals surface area (Å²) < 4.78 is 0. The molecule has 3 aliphatic carbocycles. The van der Waals surface area contributed by atoms with Crippen LogP contribution in [0.3, 0.4) is 0 Å². The van der Waals surface area contributed by atoms with Crippen LogP contribution in [-0.2, 0) is 5.41 Å². The van der Waals surface area contributed by atoms with Crippen LogP contribution in [0.25, 0.3) is 0 Å². The summed E-state index contributed by atoms with van der Waals surface area (Å²) in [6.45, 7) is 0. The number of phenols is 2. The number of rotatable bonds is 2. The van der Waals surface area contributed by atoms with E-state index < -0.39 is 0 Å². The molecule has 2 saturated carbocycles. The molecule has 0 spiro atoms. The molecule has 24 heavy (non-hydrogen) atoms. The number of aromatic hydroxyl groups is 2. The second-order valence-corrected chi connectivity index (χ2v) is 7.69. The third-order valence-corrected chi connectivity index (χ3v) is 6.71. The van der Waals surface area contributed by atoms with E-state index in [0.717, 1.165) is 11.8 Å². The van der Waals surface area contributed by atoms with E-state index in [1.54, 1.807) is 29.8 Å². The third kappa shape index (κ3) is 1.77. The summed E-state index contributed by atoms with van der Waals surface area (Å²) in [6, 6.07) is 15.5. The monoisotopic (exact) mass is 318 g/mol. The first-order valence-corrected chi connectivity index (χ1v) is 8.99. The maximum atomic E-state index is 9.72. The number of hydrogen-bond acceptors (Lipinski definition) is 2. The van der Waals surface area contributed by atoms with Crippen molar-refractivity contribution in [1.29, 1.82) is 0 Å². The van der Waals surface area contributed by atoms with Gasteiger partial charge in [0, 0.05) is 5.41 Å². The second kappa shape index (κ2) is 4.89. The van der Waals surface area contributed by atoms with Gasteiger partial charge in [0.2, 0.25) is 0 Å². The maximum Gasteiger partial charge on any atom is 0.115 e. The fourth-order valence-corrected chi connectivity index (χ4v) is 5.79. The zero-order valence-electron chi connectivity index (χ0n) is 13.7. The molecule has 2 N–H and O–H groups in total. The molecule has 0 amide bonds. The van der Waals surface area contributed by atoms with Gasteiger partial charge in [0.15, 0.2) is 0 Å². The largest absolute Gasteiger partial charge is 0.508 e. The van der Waals surface area contributed by atoms with Crippen molar-refractivity contribution >= 4 is 0 Å². The molecule has 2 nitrogen and oxygen atoms in total. The van der Waals surface area contributed by atoms with Crippen molar-refractivity contribution in [3.63, 3.8) is 0 Å². The molecule has 122 valence electrons. The van der Waals surface area contributed by atoms with Crippen LogP contribution in [0.1, 0.15) is 36.8 Å². The summed E-state index contributed by atoms with van der Waals surface area (Å²) in [5, 5.41) is 19.4. The standard InChI is InChI=1S/C22H22O2/c23-17-8-4-15(5-9-17)22(16-6-10-18(24)11-7-16)13-14-12-21(22)20-3-1-2-19(14)20/h4-11,13,19-21,23-24H,1-3,12H2. The van der Waals surface area contributed by atoms with Crippen LogP contribution in [0.4, 0.5) is 0 Å². The topological polar surface area (TPSA) is 40.5 Å². The molecule has 0 heterocycles. The first-order chi connectivity index (χ1) is 11.7. The predicted octanol–water partition coefficient (Wildman–Crippen LogP) is 4.76. The molecule has 5 rings (SSSR count). The molecule has 3 atom stereocenters. The van der Waals surface area contributed by atoms with Gasteiger partial charge < -0.3 is 10.2 Å². The van der Waals surface area contributed by atoms with Crippen LogP contribution in [0, 0.1) is 17.8 Å². The second-order valence-electron chi connectivity index (χ2n) is 7.69. The van der Waals surface area contributed by atoms with E-state index >= 15 is 0 Å². The summed E-state index contributed by atoms with van der Waals surface area (Å²) in [6.07, 6.45) is 7.77. The van der Waals surface area contributed by atoms with E-state index in [0.29, 0.717) is 17.4 Å². The van der Waals surface area contributed by atoms with Gasteiger partial charge in [0.05, 0.1) is 0 Å². The van der Waals surface area contributed by atoms with Gasteiger partial charge in [-0.15, -0.1) is 0 Å². The van der Waals surface area contributed by atoms with Crippen molar-refractivity contribution in [1.82, 2.24) is 0 Å².